The van der Waals surface area contributed by atoms with Gasteiger partial charge in [-0.15, -0.1) is 0 Å². The average molecular weight is 210 g/mol. The third kappa shape index (κ3) is 2.06. The second kappa shape index (κ2) is 3.94. The Kier molecular flexibility index (Phi) is 2.80. The number of aliphatic hydroxyl groups excluding tert-OH is 1. The van der Waals surface area contributed by atoms with Gasteiger partial charge < -0.3 is 9.84 Å². The Balaban J connectivity index is 2.15. The highest BCUT2D eigenvalue weighted by atomic mass is 16.5. The van der Waals surface area contributed by atoms with Crippen molar-refractivity contribution in [1.29, 1.82) is 0 Å². The number of hydrogen-bond acceptors (Lipinski definition) is 3. The van der Waals surface area contributed by atoms with Gasteiger partial charge in [-0.25, -0.2) is 0 Å². The lowest BCUT2D eigenvalue weighted by Crippen LogP contribution is -2.39. The normalized spacial score (nSPS) is 29.0. The van der Waals surface area contributed by atoms with Gasteiger partial charge >= 0.3 is 0 Å². The Labute approximate surface area is 89.9 Å². The second-order valence-electron chi connectivity index (χ2n) is 4.44. The van der Waals surface area contributed by atoms with Crippen molar-refractivity contribution < 1.29 is 9.84 Å². The van der Waals surface area contributed by atoms with Gasteiger partial charge in [0.25, 0.3) is 0 Å². The van der Waals surface area contributed by atoms with Crippen LogP contribution in [-0.4, -0.2) is 27.1 Å². The summed E-state index contributed by atoms with van der Waals surface area (Å²) in [6.07, 6.45) is 4.31. The summed E-state index contributed by atoms with van der Waals surface area (Å²) >= 11 is 0. The summed E-state index contributed by atoms with van der Waals surface area (Å²) < 4.78 is 7.39. The lowest BCUT2D eigenvalue weighted by atomic mass is 9.88. The van der Waals surface area contributed by atoms with Gasteiger partial charge in [-0.2, -0.15) is 5.10 Å². The quantitative estimate of drug-likeness (QED) is 0.803. The van der Waals surface area contributed by atoms with E-state index in [-0.39, 0.29) is 0 Å². The van der Waals surface area contributed by atoms with E-state index in [4.69, 9.17) is 4.74 Å². The molecule has 0 aliphatic carbocycles. The first-order valence-corrected chi connectivity index (χ1v) is 5.43. The maximum atomic E-state index is 10.2. The first-order chi connectivity index (χ1) is 7.12. The van der Waals surface area contributed by atoms with E-state index in [1.54, 1.807) is 4.68 Å². The fourth-order valence-corrected chi connectivity index (χ4v) is 2.06. The van der Waals surface area contributed by atoms with Gasteiger partial charge in [-0.1, -0.05) is 0 Å². The van der Waals surface area contributed by atoms with Crippen LogP contribution in [0.2, 0.25) is 0 Å². The van der Waals surface area contributed by atoms with Crippen molar-refractivity contribution in [3.8, 4) is 0 Å². The van der Waals surface area contributed by atoms with Crippen molar-refractivity contribution in [1.82, 2.24) is 9.78 Å². The minimum absolute atomic E-state index is 0.466. The van der Waals surface area contributed by atoms with E-state index < -0.39 is 11.7 Å². The molecule has 0 aromatic carbocycles. The highest BCUT2D eigenvalue weighted by Crippen LogP contribution is 2.35. The topological polar surface area (TPSA) is 47.3 Å². The minimum atomic E-state index is -0.626. The summed E-state index contributed by atoms with van der Waals surface area (Å²) in [5.41, 5.74) is 0.231. The Hall–Kier alpha value is -0.870. The van der Waals surface area contributed by atoms with Crippen LogP contribution in [0.5, 0.6) is 0 Å². The Morgan fingerprint density at radius 3 is 2.93 bits per heavy atom. The summed E-state index contributed by atoms with van der Waals surface area (Å²) in [7, 11) is 1.85. The number of hydrogen-bond donors (Lipinski definition) is 1. The van der Waals surface area contributed by atoms with Crippen molar-refractivity contribution in [3.63, 3.8) is 0 Å². The molecule has 0 amide bonds. The summed E-state index contributed by atoms with van der Waals surface area (Å²) in [6.45, 7) is 2.70. The van der Waals surface area contributed by atoms with E-state index in [0.29, 0.717) is 5.69 Å². The molecule has 2 unspecified atom stereocenters. The Morgan fingerprint density at radius 1 is 1.60 bits per heavy atom. The molecule has 2 heterocycles. The smallest absolute Gasteiger partial charge is 0.126 e. The lowest BCUT2D eigenvalue weighted by molar-refractivity contribution is -0.139. The van der Waals surface area contributed by atoms with Gasteiger partial charge in [0.05, 0.1) is 11.3 Å². The van der Waals surface area contributed by atoms with Crippen LogP contribution in [0.4, 0.5) is 0 Å². The zero-order valence-corrected chi connectivity index (χ0v) is 9.31. The second-order valence-corrected chi connectivity index (χ2v) is 4.44. The van der Waals surface area contributed by atoms with Crippen LogP contribution < -0.4 is 0 Å². The average Bonchev–Trinajstić information content (AvgIpc) is 2.65. The van der Waals surface area contributed by atoms with Crippen LogP contribution in [-0.2, 0) is 11.8 Å². The van der Waals surface area contributed by atoms with E-state index in [1.807, 2.05) is 26.2 Å². The molecule has 84 valence electrons. The summed E-state index contributed by atoms with van der Waals surface area (Å²) in [5.74, 6) is 0. The van der Waals surface area contributed by atoms with Crippen molar-refractivity contribution in [2.24, 2.45) is 7.05 Å². The number of aryl methyl sites for hydroxylation is 1. The third-order valence-electron chi connectivity index (χ3n) is 3.09. The molecule has 2 atom stereocenters. The molecule has 0 saturated carbocycles. The van der Waals surface area contributed by atoms with Crippen LogP contribution in [0.15, 0.2) is 12.3 Å². The Bertz CT molecular complexity index is 329. The van der Waals surface area contributed by atoms with Crippen LogP contribution >= 0.6 is 0 Å². The van der Waals surface area contributed by atoms with Crippen LogP contribution in [0.25, 0.3) is 0 Å². The van der Waals surface area contributed by atoms with Crippen molar-refractivity contribution in [2.45, 2.75) is 37.9 Å². The molecule has 0 bridgehead atoms. The number of ether oxygens (including phenoxy) is 1. The minimum Gasteiger partial charge on any atom is -0.384 e. The molecule has 1 aromatic heterocycles. The van der Waals surface area contributed by atoms with Crippen molar-refractivity contribution >= 4 is 0 Å². The molecule has 1 aliphatic heterocycles. The zero-order valence-electron chi connectivity index (χ0n) is 9.31. The Morgan fingerprint density at radius 2 is 2.40 bits per heavy atom. The first-order valence-electron chi connectivity index (χ1n) is 5.43. The SMILES string of the molecule is Cn1ccc(C(O)C2(C)CCCCO2)n1. The van der Waals surface area contributed by atoms with Gasteiger partial charge in [0.1, 0.15) is 6.10 Å². The van der Waals surface area contributed by atoms with E-state index in [0.717, 1.165) is 25.9 Å². The molecule has 2 rings (SSSR count). The zero-order chi connectivity index (χ0) is 10.9. The maximum absolute atomic E-state index is 10.2. The van der Waals surface area contributed by atoms with E-state index in [1.165, 1.54) is 0 Å². The maximum Gasteiger partial charge on any atom is 0.126 e. The summed E-state index contributed by atoms with van der Waals surface area (Å²) in [4.78, 5) is 0. The van der Waals surface area contributed by atoms with Crippen molar-refractivity contribution in [2.75, 3.05) is 6.61 Å². The molecular weight excluding hydrogens is 192 g/mol. The number of nitrogens with zero attached hydrogens (tertiary/aromatic N) is 2. The van der Waals surface area contributed by atoms with Gasteiger partial charge in [0, 0.05) is 19.9 Å². The molecule has 0 spiro atoms. The fourth-order valence-electron chi connectivity index (χ4n) is 2.06. The predicted molar refractivity (Wildman–Crippen MR) is 56.4 cm³/mol. The van der Waals surface area contributed by atoms with E-state index in [9.17, 15) is 5.11 Å². The number of aromatic nitrogens is 2. The van der Waals surface area contributed by atoms with Crippen LogP contribution in [0, 0.1) is 0 Å². The molecule has 0 radical (unpaired) electrons. The number of rotatable bonds is 2. The largest absolute Gasteiger partial charge is 0.384 e. The fraction of sp³-hybridized carbons (Fsp3) is 0.727. The molecule has 4 heteroatoms. The van der Waals surface area contributed by atoms with Gasteiger partial charge in [0.2, 0.25) is 0 Å². The lowest BCUT2D eigenvalue weighted by Gasteiger charge is -2.37. The molecule has 1 saturated heterocycles. The third-order valence-corrected chi connectivity index (χ3v) is 3.09. The van der Waals surface area contributed by atoms with E-state index in [2.05, 4.69) is 5.10 Å². The van der Waals surface area contributed by atoms with Crippen LogP contribution in [0.3, 0.4) is 0 Å². The van der Waals surface area contributed by atoms with Crippen LogP contribution in [0.1, 0.15) is 38.0 Å². The number of aliphatic hydroxyl groups is 1. The monoisotopic (exact) mass is 210 g/mol. The molecular formula is C11H18N2O2. The molecule has 1 fully saturated rings. The van der Waals surface area contributed by atoms with E-state index >= 15 is 0 Å². The van der Waals surface area contributed by atoms with Crippen molar-refractivity contribution in [3.05, 3.63) is 18.0 Å². The molecule has 4 nitrogen and oxygen atoms in total. The molecule has 15 heavy (non-hydrogen) atoms. The highest BCUT2D eigenvalue weighted by molar-refractivity contribution is 5.08. The predicted octanol–water partition coefficient (Wildman–Crippen LogP) is 1.41. The standard InChI is InChI=1S/C11H18N2O2/c1-11(6-3-4-8-15-11)10(14)9-5-7-13(2)12-9/h5,7,10,14H,3-4,6,8H2,1-2H3. The molecule has 1 aromatic rings. The summed E-state index contributed by atoms with van der Waals surface area (Å²) in [5, 5.41) is 14.4. The van der Waals surface area contributed by atoms with Gasteiger partial charge in [-0.05, 0) is 32.3 Å². The molecule has 1 aliphatic rings. The molecule has 1 N–H and O–H groups in total. The first kappa shape index (κ1) is 10.6. The van der Waals surface area contributed by atoms with Gasteiger partial charge in [-0.3, -0.25) is 4.68 Å². The summed E-state index contributed by atoms with van der Waals surface area (Å²) in [6, 6.07) is 1.84. The van der Waals surface area contributed by atoms with Gasteiger partial charge in [0.15, 0.2) is 0 Å². The highest BCUT2D eigenvalue weighted by Gasteiger charge is 2.37.